The molecule has 0 amide bonds. The average molecular weight is 275 g/mol. The van der Waals surface area contributed by atoms with Crippen molar-refractivity contribution in [1.29, 1.82) is 0 Å². The van der Waals surface area contributed by atoms with E-state index in [0.29, 0.717) is 16.5 Å². The van der Waals surface area contributed by atoms with Crippen LogP contribution in [0.4, 0.5) is 4.39 Å². The summed E-state index contributed by atoms with van der Waals surface area (Å²) in [7, 11) is 0. The molecule has 1 heterocycles. The maximum atomic E-state index is 13.1. The molecular weight excluding hydrogens is 265 g/mol. The molecule has 1 aromatic heterocycles. The molecule has 0 fully saturated rings. The van der Waals surface area contributed by atoms with Crippen LogP contribution in [0, 0.1) is 5.82 Å². The van der Waals surface area contributed by atoms with Gasteiger partial charge in [-0.1, -0.05) is 23.5 Å². The second-order valence-electron chi connectivity index (χ2n) is 4.00. The van der Waals surface area contributed by atoms with Gasteiger partial charge in [-0.15, -0.1) is 0 Å². The van der Waals surface area contributed by atoms with Gasteiger partial charge in [0.05, 0.1) is 16.8 Å². The summed E-state index contributed by atoms with van der Waals surface area (Å²) in [6.45, 7) is 0.000689. The molecule has 1 N–H and O–H groups in total. The van der Waals surface area contributed by atoms with Crippen LogP contribution in [-0.2, 0) is 6.61 Å². The summed E-state index contributed by atoms with van der Waals surface area (Å²) in [4.78, 5) is 4.27. The van der Waals surface area contributed by atoms with E-state index in [0.717, 1.165) is 10.3 Å². The number of halogens is 1. The smallest absolute Gasteiger partial charge is 0.279 e. The van der Waals surface area contributed by atoms with Gasteiger partial charge in [0.25, 0.3) is 5.19 Å². The molecule has 5 heteroatoms. The minimum absolute atomic E-state index is 0.000689. The third-order valence-corrected chi connectivity index (χ3v) is 3.54. The normalized spacial score (nSPS) is 10.8. The predicted octanol–water partition coefficient (Wildman–Crippen LogP) is 3.72. The molecule has 96 valence electrons. The van der Waals surface area contributed by atoms with Crippen LogP contribution in [0.2, 0.25) is 0 Å². The zero-order valence-electron chi connectivity index (χ0n) is 9.84. The van der Waals surface area contributed by atoms with E-state index in [1.165, 1.54) is 23.5 Å². The lowest BCUT2D eigenvalue weighted by atomic mass is 10.2. The van der Waals surface area contributed by atoms with Crippen LogP contribution >= 0.6 is 11.3 Å². The minimum atomic E-state index is -0.282. The van der Waals surface area contributed by atoms with Crippen LogP contribution in [0.1, 0.15) is 5.56 Å². The zero-order valence-corrected chi connectivity index (χ0v) is 10.7. The van der Waals surface area contributed by atoms with Crippen molar-refractivity contribution in [2.24, 2.45) is 0 Å². The Morgan fingerprint density at radius 1 is 1.16 bits per heavy atom. The molecule has 19 heavy (non-hydrogen) atoms. The van der Waals surface area contributed by atoms with Gasteiger partial charge in [0.2, 0.25) is 0 Å². The van der Waals surface area contributed by atoms with Crippen molar-refractivity contribution in [1.82, 2.24) is 4.98 Å². The third-order valence-electron chi connectivity index (χ3n) is 2.64. The van der Waals surface area contributed by atoms with E-state index >= 15 is 0 Å². The number of fused-ring (bicyclic) bond motifs is 1. The van der Waals surface area contributed by atoms with E-state index in [9.17, 15) is 4.39 Å². The maximum Gasteiger partial charge on any atom is 0.279 e. The highest BCUT2D eigenvalue weighted by Crippen LogP contribution is 2.31. The Morgan fingerprint density at radius 3 is 2.68 bits per heavy atom. The van der Waals surface area contributed by atoms with Gasteiger partial charge in [-0.25, -0.2) is 9.37 Å². The van der Waals surface area contributed by atoms with E-state index in [4.69, 9.17) is 9.84 Å². The molecule has 0 saturated carbocycles. The lowest BCUT2D eigenvalue weighted by Gasteiger charge is -2.01. The Balaban J connectivity index is 1.87. The van der Waals surface area contributed by atoms with Gasteiger partial charge in [0.1, 0.15) is 11.6 Å². The fourth-order valence-corrected chi connectivity index (χ4v) is 2.54. The molecule has 0 unspecified atom stereocenters. The minimum Gasteiger partial charge on any atom is -0.431 e. The SMILES string of the molecule is OCc1ccc(Oc2nc3ccc(F)cc3s2)cc1. The molecule has 0 atom stereocenters. The van der Waals surface area contributed by atoms with Crippen molar-refractivity contribution in [2.75, 3.05) is 0 Å². The topological polar surface area (TPSA) is 42.4 Å². The van der Waals surface area contributed by atoms with E-state index in [1.54, 1.807) is 30.3 Å². The molecule has 3 aromatic rings. The first-order valence-corrected chi connectivity index (χ1v) is 6.50. The van der Waals surface area contributed by atoms with Gasteiger partial charge in [-0.3, -0.25) is 0 Å². The molecule has 2 aromatic carbocycles. The number of benzene rings is 2. The van der Waals surface area contributed by atoms with Crippen LogP contribution in [0.5, 0.6) is 10.9 Å². The van der Waals surface area contributed by atoms with Crippen LogP contribution in [0.25, 0.3) is 10.2 Å². The van der Waals surface area contributed by atoms with Gasteiger partial charge >= 0.3 is 0 Å². The molecule has 0 spiro atoms. The average Bonchev–Trinajstić information content (AvgIpc) is 2.81. The van der Waals surface area contributed by atoms with Crippen LogP contribution < -0.4 is 4.74 Å². The van der Waals surface area contributed by atoms with Gasteiger partial charge in [-0.05, 0) is 35.9 Å². The van der Waals surface area contributed by atoms with Crippen LogP contribution in [-0.4, -0.2) is 10.1 Å². The first-order valence-electron chi connectivity index (χ1n) is 5.68. The van der Waals surface area contributed by atoms with E-state index in [-0.39, 0.29) is 12.4 Å². The first kappa shape index (κ1) is 12.1. The number of hydrogen-bond donors (Lipinski definition) is 1. The summed E-state index contributed by atoms with van der Waals surface area (Å²) in [6, 6.07) is 11.5. The number of thiazole rings is 1. The van der Waals surface area contributed by atoms with Crippen molar-refractivity contribution < 1.29 is 14.2 Å². The van der Waals surface area contributed by atoms with E-state index in [2.05, 4.69) is 4.98 Å². The molecule has 0 bridgehead atoms. The third kappa shape index (κ3) is 2.57. The second-order valence-corrected chi connectivity index (χ2v) is 4.99. The molecular formula is C14H10FNO2S. The molecule has 0 radical (unpaired) electrons. The number of hydrogen-bond acceptors (Lipinski definition) is 4. The highest BCUT2D eigenvalue weighted by Gasteiger charge is 2.06. The number of nitrogens with zero attached hydrogens (tertiary/aromatic N) is 1. The summed E-state index contributed by atoms with van der Waals surface area (Å²) in [5.41, 5.74) is 1.53. The fraction of sp³-hybridized carbons (Fsp3) is 0.0714. The lowest BCUT2D eigenvalue weighted by Crippen LogP contribution is -1.85. The summed E-state index contributed by atoms with van der Waals surface area (Å²) in [6.07, 6.45) is 0. The van der Waals surface area contributed by atoms with Crippen molar-refractivity contribution >= 4 is 21.6 Å². The zero-order chi connectivity index (χ0) is 13.2. The molecule has 0 aliphatic rings. The van der Waals surface area contributed by atoms with Gasteiger partial charge < -0.3 is 9.84 Å². The highest BCUT2D eigenvalue weighted by molar-refractivity contribution is 7.20. The standard InChI is InChI=1S/C14H10FNO2S/c15-10-3-6-12-13(7-10)19-14(16-12)18-11-4-1-9(8-17)2-5-11/h1-7,17H,8H2. The number of aliphatic hydroxyl groups excluding tert-OH is 1. The quantitative estimate of drug-likeness (QED) is 0.792. The summed E-state index contributed by atoms with van der Waals surface area (Å²) < 4.78 is 19.4. The first-order chi connectivity index (χ1) is 9.24. The molecule has 0 saturated heterocycles. The molecule has 3 nitrogen and oxygen atoms in total. The van der Waals surface area contributed by atoms with Crippen molar-refractivity contribution in [3.05, 3.63) is 53.8 Å². The van der Waals surface area contributed by atoms with Gasteiger partial charge in [0, 0.05) is 0 Å². The summed E-state index contributed by atoms with van der Waals surface area (Å²) in [5, 5.41) is 9.42. The van der Waals surface area contributed by atoms with E-state index < -0.39 is 0 Å². The van der Waals surface area contributed by atoms with E-state index in [1.807, 2.05) is 0 Å². The van der Waals surface area contributed by atoms with Crippen molar-refractivity contribution in [3.8, 4) is 10.9 Å². The fourth-order valence-electron chi connectivity index (χ4n) is 1.68. The Morgan fingerprint density at radius 2 is 1.95 bits per heavy atom. The largest absolute Gasteiger partial charge is 0.431 e. The lowest BCUT2D eigenvalue weighted by molar-refractivity contribution is 0.281. The summed E-state index contributed by atoms with van der Waals surface area (Å²) in [5.74, 6) is 0.353. The number of aromatic nitrogens is 1. The Labute approximate surface area is 112 Å². The number of rotatable bonds is 3. The Hall–Kier alpha value is -1.98. The van der Waals surface area contributed by atoms with Crippen LogP contribution in [0.3, 0.4) is 0 Å². The molecule has 3 rings (SSSR count). The Bertz CT molecular complexity index is 709. The van der Waals surface area contributed by atoms with Gasteiger partial charge in [0.15, 0.2) is 0 Å². The van der Waals surface area contributed by atoms with Crippen molar-refractivity contribution in [2.45, 2.75) is 6.61 Å². The molecule has 0 aliphatic heterocycles. The second kappa shape index (κ2) is 4.95. The maximum absolute atomic E-state index is 13.1. The highest BCUT2D eigenvalue weighted by atomic mass is 32.1. The van der Waals surface area contributed by atoms with Crippen LogP contribution in [0.15, 0.2) is 42.5 Å². The predicted molar refractivity (Wildman–Crippen MR) is 72.0 cm³/mol. The van der Waals surface area contributed by atoms with Gasteiger partial charge in [-0.2, -0.15) is 0 Å². The van der Waals surface area contributed by atoms with Crippen molar-refractivity contribution in [3.63, 3.8) is 0 Å². The summed E-state index contributed by atoms with van der Waals surface area (Å²) >= 11 is 1.29. The number of ether oxygens (including phenoxy) is 1. The number of aliphatic hydroxyl groups is 1. The molecule has 0 aliphatic carbocycles. The monoisotopic (exact) mass is 275 g/mol. The Kier molecular flexibility index (Phi) is 3.15.